The Hall–Kier alpha value is -3.91. The Bertz CT molecular complexity index is 1140. The van der Waals surface area contributed by atoms with E-state index in [-0.39, 0.29) is 0 Å². The van der Waals surface area contributed by atoms with Gasteiger partial charge >= 0.3 is 0 Å². The Kier molecular flexibility index (Phi) is 3.92. The number of aliphatic imine (C=N–C) groups is 1. The highest BCUT2D eigenvalue weighted by atomic mass is 15.0. The molecule has 4 aromatic rings. The van der Waals surface area contributed by atoms with Crippen molar-refractivity contribution in [1.82, 2.24) is 15.0 Å². The highest BCUT2D eigenvalue weighted by molar-refractivity contribution is 5.93. The van der Waals surface area contributed by atoms with Gasteiger partial charge in [0.1, 0.15) is 0 Å². The molecule has 5 nitrogen and oxygen atoms in total. The monoisotopic (exact) mass is 335 g/mol. The van der Waals surface area contributed by atoms with Gasteiger partial charge in [0.25, 0.3) is 0 Å². The molecule has 26 heavy (non-hydrogen) atoms. The van der Waals surface area contributed by atoms with E-state index in [2.05, 4.69) is 32.7 Å². The summed E-state index contributed by atoms with van der Waals surface area (Å²) in [6, 6.07) is 19.3. The van der Waals surface area contributed by atoms with Crippen LogP contribution in [0.3, 0.4) is 0 Å². The molecular formula is C21H13N5. The van der Waals surface area contributed by atoms with Crippen LogP contribution in [0.25, 0.3) is 33.4 Å². The Morgan fingerprint density at radius 1 is 0.923 bits per heavy atom. The minimum absolute atomic E-state index is 0.532. The highest BCUT2D eigenvalue weighted by Gasteiger charge is 2.10. The van der Waals surface area contributed by atoms with Crippen LogP contribution in [0.5, 0.6) is 0 Å². The maximum atomic E-state index is 8.94. The Balaban J connectivity index is 1.85. The van der Waals surface area contributed by atoms with E-state index in [1.54, 1.807) is 24.5 Å². The van der Waals surface area contributed by atoms with E-state index in [9.17, 15) is 0 Å². The molecule has 0 bridgehead atoms. The third kappa shape index (κ3) is 2.80. The third-order valence-corrected chi connectivity index (χ3v) is 4.09. The summed E-state index contributed by atoms with van der Waals surface area (Å²) in [5, 5.41) is 9.77. The second kappa shape index (κ2) is 6.54. The number of nitriles is 1. The first-order valence-corrected chi connectivity index (χ1v) is 7.98. The van der Waals surface area contributed by atoms with Crippen molar-refractivity contribution in [2.75, 3.05) is 0 Å². The van der Waals surface area contributed by atoms with Gasteiger partial charge in [0.2, 0.25) is 0 Å². The molecule has 0 amide bonds. The van der Waals surface area contributed by atoms with Crippen LogP contribution >= 0.6 is 0 Å². The van der Waals surface area contributed by atoms with Gasteiger partial charge in [-0.2, -0.15) is 5.26 Å². The fourth-order valence-electron chi connectivity index (χ4n) is 2.77. The minimum Gasteiger partial charge on any atom is -0.264 e. The van der Waals surface area contributed by atoms with Gasteiger partial charge in [-0.15, -0.1) is 0 Å². The summed E-state index contributed by atoms with van der Waals surface area (Å²) in [6.07, 6.45) is 3.43. The van der Waals surface area contributed by atoms with E-state index < -0.39 is 0 Å². The van der Waals surface area contributed by atoms with Gasteiger partial charge in [-0.1, -0.05) is 18.2 Å². The van der Waals surface area contributed by atoms with Crippen LogP contribution < -0.4 is 0 Å². The molecule has 2 aromatic heterocycles. The maximum Gasteiger partial charge on any atom is 0.163 e. The fourth-order valence-corrected chi connectivity index (χ4v) is 2.77. The van der Waals surface area contributed by atoms with Gasteiger partial charge < -0.3 is 0 Å². The summed E-state index contributed by atoms with van der Waals surface area (Å²) in [5.41, 5.74) is 4.27. The van der Waals surface area contributed by atoms with Crippen molar-refractivity contribution in [3.05, 3.63) is 72.6 Å². The summed E-state index contributed by atoms with van der Waals surface area (Å²) >= 11 is 0. The van der Waals surface area contributed by atoms with Gasteiger partial charge in [0.05, 0.1) is 17.1 Å². The molecule has 2 heterocycles. The number of nitrogens with zero attached hydrogens (tertiary/aromatic N) is 5. The van der Waals surface area contributed by atoms with Crippen molar-refractivity contribution in [3.63, 3.8) is 0 Å². The fraction of sp³-hybridized carbons (Fsp3) is 0. The molecule has 0 aliphatic rings. The molecule has 0 aliphatic heterocycles. The molecule has 0 fully saturated rings. The molecule has 0 spiro atoms. The van der Waals surface area contributed by atoms with E-state index in [1.165, 1.54) is 0 Å². The molecule has 0 atom stereocenters. The summed E-state index contributed by atoms with van der Waals surface area (Å²) in [7, 11) is 0. The smallest absolute Gasteiger partial charge is 0.163 e. The average molecular weight is 335 g/mol. The van der Waals surface area contributed by atoms with Crippen LogP contribution in [0, 0.1) is 11.3 Å². The predicted octanol–water partition coefficient (Wildman–Crippen LogP) is 4.56. The first-order chi connectivity index (χ1) is 12.8. The van der Waals surface area contributed by atoms with Crippen LogP contribution in [0.1, 0.15) is 5.56 Å². The molecule has 122 valence electrons. The van der Waals surface area contributed by atoms with E-state index in [4.69, 9.17) is 5.26 Å². The van der Waals surface area contributed by atoms with Crippen LogP contribution in [-0.2, 0) is 0 Å². The molecule has 0 saturated heterocycles. The Morgan fingerprint density at radius 3 is 2.42 bits per heavy atom. The molecule has 2 aromatic carbocycles. The lowest BCUT2D eigenvalue weighted by Gasteiger charge is -2.08. The van der Waals surface area contributed by atoms with E-state index >= 15 is 0 Å². The first kappa shape index (κ1) is 15.6. The zero-order chi connectivity index (χ0) is 17.9. The second-order valence-electron chi connectivity index (χ2n) is 5.69. The number of rotatable bonds is 3. The van der Waals surface area contributed by atoms with Crippen molar-refractivity contribution in [1.29, 1.82) is 5.26 Å². The number of pyridine rings is 1. The lowest BCUT2D eigenvalue weighted by molar-refractivity contribution is 1.19. The largest absolute Gasteiger partial charge is 0.264 e. The SMILES string of the molecule is C=Nc1nc(-c2cccnc2)nc2ccc(-c3ccc(C#N)cc3)cc12. The van der Waals surface area contributed by atoms with Gasteiger partial charge in [0, 0.05) is 23.3 Å². The first-order valence-electron chi connectivity index (χ1n) is 7.98. The molecule has 0 radical (unpaired) electrons. The zero-order valence-electron chi connectivity index (χ0n) is 13.8. The summed E-state index contributed by atoms with van der Waals surface area (Å²) in [6.45, 7) is 3.65. The van der Waals surface area contributed by atoms with Crippen molar-refractivity contribution in [2.45, 2.75) is 0 Å². The van der Waals surface area contributed by atoms with Crippen LogP contribution in [-0.4, -0.2) is 21.7 Å². The number of aromatic nitrogens is 3. The summed E-state index contributed by atoms with van der Waals surface area (Å²) in [4.78, 5) is 17.4. The lowest BCUT2D eigenvalue weighted by Crippen LogP contribution is -1.92. The number of hydrogen-bond acceptors (Lipinski definition) is 5. The molecule has 5 heteroatoms. The minimum atomic E-state index is 0.532. The second-order valence-corrected chi connectivity index (χ2v) is 5.69. The maximum absolute atomic E-state index is 8.94. The quantitative estimate of drug-likeness (QED) is 0.514. The summed E-state index contributed by atoms with van der Waals surface area (Å²) < 4.78 is 0. The van der Waals surface area contributed by atoms with Gasteiger partial charge in [-0.05, 0) is 54.2 Å². The van der Waals surface area contributed by atoms with Crippen LogP contribution in [0.2, 0.25) is 0 Å². The zero-order valence-corrected chi connectivity index (χ0v) is 13.8. The molecule has 0 saturated carbocycles. The van der Waals surface area contributed by atoms with Crippen molar-refractivity contribution in [3.8, 4) is 28.6 Å². The molecule has 0 unspecified atom stereocenters. The van der Waals surface area contributed by atoms with Gasteiger partial charge in [-0.25, -0.2) is 15.0 Å². The molecule has 0 N–H and O–H groups in total. The predicted molar refractivity (Wildman–Crippen MR) is 102 cm³/mol. The van der Waals surface area contributed by atoms with E-state index in [0.29, 0.717) is 17.2 Å². The number of fused-ring (bicyclic) bond motifs is 1. The van der Waals surface area contributed by atoms with Crippen LogP contribution in [0.15, 0.2) is 72.0 Å². The summed E-state index contributed by atoms with van der Waals surface area (Å²) in [5.74, 6) is 1.10. The standard InChI is InChI=1S/C21H13N5/c1-23-21-18-11-16(15-6-4-14(12-22)5-7-15)8-9-19(18)25-20(26-21)17-3-2-10-24-13-17/h2-11,13H,1H2. The number of hydrogen-bond donors (Lipinski definition) is 0. The Morgan fingerprint density at radius 2 is 1.73 bits per heavy atom. The van der Waals surface area contributed by atoms with Crippen LogP contribution in [0.4, 0.5) is 5.82 Å². The third-order valence-electron chi connectivity index (χ3n) is 4.09. The van der Waals surface area contributed by atoms with Crippen molar-refractivity contribution >= 4 is 23.4 Å². The van der Waals surface area contributed by atoms with Crippen molar-refractivity contribution < 1.29 is 0 Å². The number of benzene rings is 2. The van der Waals surface area contributed by atoms with Gasteiger partial charge in [0.15, 0.2) is 11.6 Å². The average Bonchev–Trinajstić information content (AvgIpc) is 2.73. The topological polar surface area (TPSA) is 74.8 Å². The lowest BCUT2D eigenvalue weighted by atomic mass is 10.0. The molecule has 4 rings (SSSR count). The molecule has 0 aliphatic carbocycles. The Labute approximate surface area is 150 Å². The van der Waals surface area contributed by atoms with E-state index in [1.807, 2.05) is 42.5 Å². The molecular weight excluding hydrogens is 322 g/mol. The van der Waals surface area contributed by atoms with E-state index in [0.717, 1.165) is 27.6 Å². The highest BCUT2D eigenvalue weighted by Crippen LogP contribution is 2.30. The normalized spacial score (nSPS) is 10.4. The van der Waals surface area contributed by atoms with Crippen molar-refractivity contribution in [2.24, 2.45) is 4.99 Å². The van der Waals surface area contributed by atoms with Gasteiger partial charge in [-0.3, -0.25) is 4.98 Å².